The van der Waals surface area contributed by atoms with Crippen molar-refractivity contribution in [2.75, 3.05) is 0 Å². The third kappa shape index (κ3) is 2.46. The topological polar surface area (TPSA) is 38.9 Å². The molecule has 100 valence electrons. The Morgan fingerprint density at radius 2 is 2.21 bits per heavy atom. The van der Waals surface area contributed by atoms with Crippen LogP contribution >= 0.6 is 15.9 Å². The monoisotopic (exact) mass is 320 g/mol. The van der Waals surface area contributed by atoms with E-state index in [1.807, 2.05) is 0 Å². The number of rotatable bonds is 3. The SMILES string of the molecule is CCC(Br)c1nnc(C2CCCc3ccccc32)o1. The van der Waals surface area contributed by atoms with Gasteiger partial charge < -0.3 is 4.42 Å². The fourth-order valence-corrected chi connectivity index (χ4v) is 2.88. The first kappa shape index (κ1) is 12.9. The molecule has 0 bridgehead atoms. The van der Waals surface area contributed by atoms with Crippen molar-refractivity contribution in [1.29, 1.82) is 0 Å². The van der Waals surface area contributed by atoms with Crippen LogP contribution in [0, 0.1) is 0 Å². The summed E-state index contributed by atoms with van der Waals surface area (Å²) in [6, 6.07) is 8.59. The van der Waals surface area contributed by atoms with Gasteiger partial charge in [0.2, 0.25) is 11.8 Å². The Bertz CT molecular complexity index is 567. The van der Waals surface area contributed by atoms with Crippen molar-refractivity contribution in [2.45, 2.75) is 43.4 Å². The lowest BCUT2D eigenvalue weighted by Gasteiger charge is -2.22. The van der Waals surface area contributed by atoms with Crippen LogP contribution in [0.4, 0.5) is 0 Å². The van der Waals surface area contributed by atoms with E-state index in [0.717, 1.165) is 25.2 Å². The highest BCUT2D eigenvalue weighted by atomic mass is 79.9. The molecule has 4 heteroatoms. The van der Waals surface area contributed by atoms with E-state index >= 15 is 0 Å². The Morgan fingerprint density at radius 1 is 1.37 bits per heavy atom. The molecule has 1 aliphatic rings. The number of alkyl halides is 1. The molecule has 2 atom stereocenters. The van der Waals surface area contributed by atoms with Crippen LogP contribution < -0.4 is 0 Å². The van der Waals surface area contributed by atoms with Crippen LogP contribution in [-0.4, -0.2) is 10.2 Å². The molecule has 0 fully saturated rings. The van der Waals surface area contributed by atoms with E-state index in [1.54, 1.807) is 0 Å². The van der Waals surface area contributed by atoms with Gasteiger partial charge in [-0.1, -0.05) is 47.1 Å². The van der Waals surface area contributed by atoms with Crippen molar-refractivity contribution >= 4 is 15.9 Å². The molecule has 3 rings (SSSR count). The summed E-state index contributed by atoms with van der Waals surface area (Å²) in [6.45, 7) is 2.10. The molecule has 1 aromatic heterocycles. The van der Waals surface area contributed by atoms with Gasteiger partial charge in [0.1, 0.15) is 0 Å². The molecule has 2 unspecified atom stereocenters. The van der Waals surface area contributed by atoms with Crippen LogP contribution in [0.1, 0.15) is 59.8 Å². The third-order valence-electron chi connectivity index (χ3n) is 3.75. The van der Waals surface area contributed by atoms with Gasteiger partial charge in [-0.15, -0.1) is 10.2 Å². The van der Waals surface area contributed by atoms with Gasteiger partial charge in [-0.25, -0.2) is 0 Å². The van der Waals surface area contributed by atoms with Gasteiger partial charge in [0.05, 0.1) is 10.7 Å². The molecule has 19 heavy (non-hydrogen) atoms. The Labute approximate surface area is 121 Å². The molecule has 1 aromatic carbocycles. The van der Waals surface area contributed by atoms with E-state index in [9.17, 15) is 0 Å². The first-order chi connectivity index (χ1) is 9.29. The number of benzene rings is 1. The zero-order valence-corrected chi connectivity index (χ0v) is 12.6. The van der Waals surface area contributed by atoms with Gasteiger partial charge in [-0.2, -0.15) is 0 Å². The fraction of sp³-hybridized carbons (Fsp3) is 0.467. The van der Waals surface area contributed by atoms with E-state index in [0.29, 0.717) is 5.89 Å². The van der Waals surface area contributed by atoms with Crippen molar-refractivity contribution < 1.29 is 4.42 Å². The first-order valence-corrected chi connectivity index (χ1v) is 7.76. The van der Waals surface area contributed by atoms with Crippen LogP contribution in [0.5, 0.6) is 0 Å². The van der Waals surface area contributed by atoms with E-state index in [-0.39, 0.29) is 10.7 Å². The number of fused-ring (bicyclic) bond motifs is 1. The molecule has 1 heterocycles. The van der Waals surface area contributed by atoms with Crippen LogP contribution in [0.2, 0.25) is 0 Å². The number of aryl methyl sites for hydroxylation is 1. The molecule has 0 amide bonds. The minimum Gasteiger partial charge on any atom is -0.423 e. The Kier molecular flexibility index (Phi) is 3.69. The van der Waals surface area contributed by atoms with Crippen LogP contribution in [0.25, 0.3) is 0 Å². The predicted molar refractivity (Wildman–Crippen MR) is 77.5 cm³/mol. The highest BCUT2D eigenvalue weighted by Gasteiger charge is 2.26. The number of hydrogen-bond acceptors (Lipinski definition) is 3. The lowest BCUT2D eigenvalue weighted by Crippen LogP contribution is -2.11. The number of aromatic nitrogens is 2. The van der Waals surface area contributed by atoms with Gasteiger partial charge in [0.15, 0.2) is 0 Å². The maximum atomic E-state index is 5.86. The molecule has 0 aliphatic heterocycles. The number of halogens is 1. The van der Waals surface area contributed by atoms with Gasteiger partial charge in [-0.3, -0.25) is 0 Å². The molecule has 0 N–H and O–H groups in total. The standard InChI is InChI=1S/C15H17BrN2O/c1-2-13(16)15-18-17-14(19-15)12-9-5-7-10-6-3-4-8-11(10)12/h3-4,6,8,12-13H,2,5,7,9H2,1H3. The van der Waals surface area contributed by atoms with Gasteiger partial charge in [0.25, 0.3) is 0 Å². The van der Waals surface area contributed by atoms with Gasteiger partial charge in [0, 0.05) is 0 Å². The van der Waals surface area contributed by atoms with E-state index in [2.05, 4.69) is 57.3 Å². The first-order valence-electron chi connectivity index (χ1n) is 6.84. The quantitative estimate of drug-likeness (QED) is 0.787. The molecule has 3 nitrogen and oxygen atoms in total. The molecular formula is C15H17BrN2O. The molecule has 1 aliphatic carbocycles. The smallest absolute Gasteiger partial charge is 0.230 e. The normalized spacial score (nSPS) is 20.0. The number of hydrogen-bond donors (Lipinski definition) is 0. The zero-order chi connectivity index (χ0) is 13.2. The lowest BCUT2D eigenvalue weighted by molar-refractivity contribution is 0.411. The third-order valence-corrected chi connectivity index (χ3v) is 4.79. The second kappa shape index (κ2) is 5.45. The van der Waals surface area contributed by atoms with Crippen molar-refractivity contribution in [3.63, 3.8) is 0 Å². The van der Waals surface area contributed by atoms with E-state index < -0.39 is 0 Å². The molecule has 2 aromatic rings. The van der Waals surface area contributed by atoms with Crippen molar-refractivity contribution in [3.05, 3.63) is 47.2 Å². The van der Waals surface area contributed by atoms with E-state index in [4.69, 9.17) is 4.42 Å². The second-order valence-corrected chi connectivity index (χ2v) is 6.10. The Balaban J connectivity index is 1.93. The van der Waals surface area contributed by atoms with Crippen LogP contribution in [-0.2, 0) is 6.42 Å². The number of nitrogens with zero attached hydrogens (tertiary/aromatic N) is 2. The lowest BCUT2D eigenvalue weighted by atomic mass is 9.83. The maximum Gasteiger partial charge on any atom is 0.230 e. The minimum absolute atomic E-state index is 0.160. The summed E-state index contributed by atoms with van der Waals surface area (Å²) in [7, 11) is 0. The summed E-state index contributed by atoms with van der Waals surface area (Å²) in [6.07, 6.45) is 4.38. The van der Waals surface area contributed by atoms with Crippen LogP contribution in [0.15, 0.2) is 28.7 Å². The fourth-order valence-electron chi connectivity index (χ4n) is 2.70. The summed E-state index contributed by atoms with van der Waals surface area (Å²) in [5.41, 5.74) is 2.77. The summed E-state index contributed by atoms with van der Waals surface area (Å²) < 4.78 is 5.86. The minimum atomic E-state index is 0.160. The highest BCUT2D eigenvalue weighted by Crippen LogP contribution is 2.37. The molecule has 0 saturated carbocycles. The predicted octanol–water partition coefficient (Wildman–Crippen LogP) is 4.38. The van der Waals surface area contributed by atoms with Crippen molar-refractivity contribution in [2.24, 2.45) is 0 Å². The average Bonchev–Trinajstić information content (AvgIpc) is 2.95. The average molecular weight is 321 g/mol. The molecule has 0 radical (unpaired) electrons. The highest BCUT2D eigenvalue weighted by molar-refractivity contribution is 9.09. The Morgan fingerprint density at radius 3 is 3.05 bits per heavy atom. The molecule has 0 saturated heterocycles. The summed E-state index contributed by atoms with van der Waals surface area (Å²) in [5.74, 6) is 1.73. The summed E-state index contributed by atoms with van der Waals surface area (Å²) in [5, 5.41) is 8.43. The van der Waals surface area contributed by atoms with Gasteiger partial charge in [-0.05, 0) is 36.8 Å². The molecule has 0 spiro atoms. The second-order valence-electron chi connectivity index (χ2n) is 5.00. The Hall–Kier alpha value is -1.16. The molecular weight excluding hydrogens is 304 g/mol. The maximum absolute atomic E-state index is 5.86. The zero-order valence-electron chi connectivity index (χ0n) is 11.0. The largest absolute Gasteiger partial charge is 0.423 e. The van der Waals surface area contributed by atoms with E-state index in [1.165, 1.54) is 17.5 Å². The summed E-state index contributed by atoms with van der Waals surface area (Å²) in [4.78, 5) is 0.160. The van der Waals surface area contributed by atoms with Crippen LogP contribution in [0.3, 0.4) is 0 Å². The van der Waals surface area contributed by atoms with Crippen molar-refractivity contribution in [3.8, 4) is 0 Å². The summed E-state index contributed by atoms with van der Waals surface area (Å²) >= 11 is 3.56. The van der Waals surface area contributed by atoms with Crippen molar-refractivity contribution in [1.82, 2.24) is 10.2 Å². The van der Waals surface area contributed by atoms with Gasteiger partial charge >= 0.3 is 0 Å².